The van der Waals surface area contributed by atoms with Crippen molar-refractivity contribution in [3.8, 4) is 11.5 Å². The zero-order chi connectivity index (χ0) is 20.0. The van der Waals surface area contributed by atoms with Gasteiger partial charge in [-0.25, -0.2) is 9.37 Å². The Hall–Kier alpha value is -3.46. The maximum atomic E-state index is 13.1. The summed E-state index contributed by atoms with van der Waals surface area (Å²) < 4.78 is 22.0. The molecule has 0 amide bonds. The van der Waals surface area contributed by atoms with Crippen LogP contribution >= 0.6 is 11.8 Å². The molecule has 29 heavy (non-hydrogen) atoms. The highest BCUT2D eigenvalue weighted by molar-refractivity contribution is 7.98. The first-order chi connectivity index (χ1) is 14.1. The van der Waals surface area contributed by atoms with Gasteiger partial charge in [0.15, 0.2) is 5.16 Å². The summed E-state index contributed by atoms with van der Waals surface area (Å²) in [6, 6.07) is 13.4. The van der Waals surface area contributed by atoms with E-state index in [0.29, 0.717) is 33.5 Å². The van der Waals surface area contributed by atoms with Crippen molar-refractivity contribution in [3.05, 3.63) is 76.7 Å². The fraction of sp³-hybridized carbons (Fsp3) is 0.100. The van der Waals surface area contributed by atoms with Crippen LogP contribution in [-0.4, -0.2) is 24.1 Å². The van der Waals surface area contributed by atoms with Crippen LogP contribution in [0.25, 0.3) is 28.1 Å². The third-order valence-electron chi connectivity index (χ3n) is 4.59. The van der Waals surface area contributed by atoms with Crippen LogP contribution < -0.4 is 5.56 Å². The van der Waals surface area contributed by atoms with E-state index in [1.54, 1.807) is 31.5 Å². The summed E-state index contributed by atoms with van der Waals surface area (Å²) in [6.45, 7) is 0. The molecule has 0 bridgehead atoms. The average Bonchev–Trinajstić information content (AvgIpc) is 3.38. The molecule has 3 heterocycles. The van der Waals surface area contributed by atoms with E-state index < -0.39 is 0 Å². The molecule has 0 radical (unpaired) electrons. The highest BCUT2D eigenvalue weighted by Crippen LogP contribution is 2.26. The summed E-state index contributed by atoms with van der Waals surface area (Å²) in [5, 5.41) is 9.68. The molecule has 3 aromatic heterocycles. The highest BCUT2D eigenvalue weighted by Gasteiger charge is 2.16. The van der Waals surface area contributed by atoms with Crippen LogP contribution in [0.4, 0.5) is 4.39 Å². The average molecular weight is 407 g/mol. The quantitative estimate of drug-likeness (QED) is 0.423. The molecule has 0 saturated heterocycles. The van der Waals surface area contributed by atoms with Gasteiger partial charge in [-0.05, 0) is 36.4 Å². The zero-order valence-electron chi connectivity index (χ0n) is 15.2. The second-order valence-electron chi connectivity index (χ2n) is 6.44. The van der Waals surface area contributed by atoms with Gasteiger partial charge in [0.2, 0.25) is 11.7 Å². The predicted octanol–water partition coefficient (Wildman–Crippen LogP) is 3.67. The molecule has 7 nitrogen and oxygen atoms in total. The molecule has 144 valence electrons. The minimum atomic E-state index is -0.309. The van der Waals surface area contributed by atoms with Crippen molar-refractivity contribution in [1.29, 1.82) is 0 Å². The molecular weight excluding hydrogens is 393 g/mol. The van der Waals surface area contributed by atoms with Crippen molar-refractivity contribution >= 4 is 28.4 Å². The van der Waals surface area contributed by atoms with Gasteiger partial charge in [0.25, 0.3) is 5.56 Å². The molecule has 0 spiro atoms. The number of halogens is 1. The summed E-state index contributed by atoms with van der Waals surface area (Å²) in [7, 11) is 1.68. The number of para-hydroxylation sites is 1. The third-order valence-corrected chi connectivity index (χ3v) is 5.55. The van der Waals surface area contributed by atoms with E-state index in [1.165, 1.54) is 28.5 Å². The summed E-state index contributed by atoms with van der Waals surface area (Å²) in [4.78, 5) is 17.0. The number of benzene rings is 2. The Balaban J connectivity index is 1.48. The Morgan fingerprint density at radius 1 is 1.10 bits per heavy atom. The largest absolute Gasteiger partial charge is 0.444 e. The topological polar surface area (TPSA) is 78.2 Å². The fourth-order valence-corrected chi connectivity index (χ4v) is 3.96. The molecule has 2 aromatic carbocycles. The van der Waals surface area contributed by atoms with E-state index >= 15 is 0 Å². The Kier molecular flexibility index (Phi) is 4.17. The third kappa shape index (κ3) is 2.99. The first kappa shape index (κ1) is 17.6. The van der Waals surface area contributed by atoms with Crippen molar-refractivity contribution in [3.63, 3.8) is 0 Å². The molecule has 0 fully saturated rings. The lowest BCUT2D eigenvalue weighted by Gasteiger charge is -2.07. The van der Waals surface area contributed by atoms with E-state index in [0.717, 1.165) is 11.2 Å². The number of rotatable bonds is 4. The molecule has 0 aliphatic rings. The molecule has 0 atom stereocenters. The number of fused-ring (bicyclic) bond motifs is 3. The van der Waals surface area contributed by atoms with Gasteiger partial charge >= 0.3 is 0 Å². The number of thioether (sulfide) groups is 1. The van der Waals surface area contributed by atoms with Crippen LogP contribution in [0.15, 0.2) is 69.2 Å². The van der Waals surface area contributed by atoms with Crippen LogP contribution in [0.2, 0.25) is 0 Å². The SMILES string of the molecule is Cn1c(=O)c2ccccc2n2c(SCc3coc(-c4ccc(F)cc4)n3)nnc12. The maximum absolute atomic E-state index is 13.1. The van der Waals surface area contributed by atoms with Gasteiger partial charge in [0, 0.05) is 18.4 Å². The van der Waals surface area contributed by atoms with E-state index in [4.69, 9.17) is 4.42 Å². The molecular formula is C20H14FN5O2S. The molecule has 5 aromatic rings. The van der Waals surface area contributed by atoms with Crippen LogP contribution in [0.5, 0.6) is 0 Å². The van der Waals surface area contributed by atoms with Crippen molar-refractivity contribution in [2.24, 2.45) is 7.05 Å². The second kappa shape index (κ2) is 6.85. The van der Waals surface area contributed by atoms with Crippen molar-refractivity contribution in [1.82, 2.24) is 24.1 Å². The smallest absolute Gasteiger partial charge is 0.262 e. The number of aromatic nitrogens is 5. The van der Waals surface area contributed by atoms with Crippen molar-refractivity contribution in [2.45, 2.75) is 10.9 Å². The van der Waals surface area contributed by atoms with Gasteiger partial charge in [0.1, 0.15) is 12.1 Å². The number of aryl methyl sites for hydroxylation is 1. The van der Waals surface area contributed by atoms with Gasteiger partial charge in [-0.2, -0.15) is 0 Å². The minimum Gasteiger partial charge on any atom is -0.444 e. The van der Waals surface area contributed by atoms with Crippen LogP contribution in [0.3, 0.4) is 0 Å². The lowest BCUT2D eigenvalue weighted by Crippen LogP contribution is -2.20. The number of hydrogen-bond acceptors (Lipinski definition) is 6. The van der Waals surface area contributed by atoms with Gasteiger partial charge in [-0.15, -0.1) is 10.2 Å². The monoisotopic (exact) mass is 407 g/mol. The van der Waals surface area contributed by atoms with Crippen LogP contribution in [0, 0.1) is 5.82 Å². The van der Waals surface area contributed by atoms with E-state index in [-0.39, 0.29) is 11.4 Å². The summed E-state index contributed by atoms with van der Waals surface area (Å²) in [6.07, 6.45) is 1.57. The Labute approximate surface area is 167 Å². The molecule has 0 aliphatic heterocycles. The van der Waals surface area contributed by atoms with E-state index in [2.05, 4.69) is 15.2 Å². The van der Waals surface area contributed by atoms with Crippen molar-refractivity contribution in [2.75, 3.05) is 0 Å². The fourth-order valence-electron chi connectivity index (χ4n) is 3.14. The summed E-state index contributed by atoms with van der Waals surface area (Å²) in [5.74, 6) is 1.10. The molecule has 9 heteroatoms. The standard InChI is InChI=1S/C20H14FN5O2S/c1-25-18(27)15-4-2-3-5-16(15)26-19(25)23-24-20(26)29-11-14-10-28-17(22-14)12-6-8-13(21)9-7-12/h2-10H,11H2,1H3. The molecule has 0 unspecified atom stereocenters. The Morgan fingerprint density at radius 3 is 2.72 bits per heavy atom. The second-order valence-corrected chi connectivity index (χ2v) is 7.38. The summed E-state index contributed by atoms with van der Waals surface area (Å²) >= 11 is 1.44. The van der Waals surface area contributed by atoms with E-state index in [1.807, 2.05) is 22.6 Å². The zero-order valence-corrected chi connectivity index (χ0v) is 16.1. The van der Waals surface area contributed by atoms with Gasteiger partial charge in [0.05, 0.1) is 16.6 Å². The predicted molar refractivity (Wildman–Crippen MR) is 107 cm³/mol. The first-order valence-electron chi connectivity index (χ1n) is 8.78. The molecule has 0 saturated carbocycles. The lowest BCUT2D eigenvalue weighted by atomic mass is 10.2. The number of nitrogens with zero attached hydrogens (tertiary/aromatic N) is 5. The first-order valence-corrected chi connectivity index (χ1v) is 9.76. The van der Waals surface area contributed by atoms with Gasteiger partial charge in [-0.3, -0.25) is 13.8 Å². The van der Waals surface area contributed by atoms with Crippen LogP contribution in [0.1, 0.15) is 5.69 Å². The lowest BCUT2D eigenvalue weighted by molar-refractivity contribution is 0.573. The Morgan fingerprint density at radius 2 is 1.90 bits per heavy atom. The normalized spacial score (nSPS) is 11.5. The molecule has 5 rings (SSSR count). The van der Waals surface area contributed by atoms with Gasteiger partial charge in [-0.1, -0.05) is 23.9 Å². The maximum Gasteiger partial charge on any atom is 0.262 e. The number of hydrogen-bond donors (Lipinski definition) is 0. The molecule has 0 aliphatic carbocycles. The van der Waals surface area contributed by atoms with Crippen LogP contribution in [-0.2, 0) is 12.8 Å². The Bertz CT molecular complexity index is 1400. The van der Waals surface area contributed by atoms with E-state index in [9.17, 15) is 9.18 Å². The highest BCUT2D eigenvalue weighted by atomic mass is 32.2. The van der Waals surface area contributed by atoms with Gasteiger partial charge < -0.3 is 4.42 Å². The summed E-state index contributed by atoms with van der Waals surface area (Å²) in [5.41, 5.74) is 2.07. The number of oxazole rings is 1. The minimum absolute atomic E-state index is 0.113. The van der Waals surface area contributed by atoms with Crippen molar-refractivity contribution < 1.29 is 8.81 Å². The molecule has 0 N–H and O–H groups in total.